The first kappa shape index (κ1) is 5.95. The summed E-state index contributed by atoms with van der Waals surface area (Å²) in [5, 5.41) is 0. The van der Waals surface area contributed by atoms with Crippen LogP contribution in [0.1, 0.15) is 0 Å². The molecule has 0 aromatic heterocycles. The molecular formula is C5H7NO. The Morgan fingerprint density at radius 2 is 2.29 bits per heavy atom. The quantitative estimate of drug-likeness (QED) is 0.304. The third-order valence-corrected chi connectivity index (χ3v) is 0.446. The molecule has 0 spiro atoms. The monoisotopic (exact) mass is 97.1 g/mol. The van der Waals surface area contributed by atoms with Crippen LogP contribution in [0.2, 0.25) is 0 Å². The van der Waals surface area contributed by atoms with Gasteiger partial charge in [-0.15, -0.1) is 0 Å². The molecule has 2 heteroatoms. The van der Waals surface area contributed by atoms with Gasteiger partial charge in [0.1, 0.15) is 0 Å². The van der Waals surface area contributed by atoms with Gasteiger partial charge in [0.2, 0.25) is 0 Å². The van der Waals surface area contributed by atoms with Crippen LogP contribution in [0.15, 0.2) is 24.4 Å². The Balaban J connectivity index is 3.72. The fraction of sp³-hybridized carbons (Fsp3) is 0. The summed E-state index contributed by atoms with van der Waals surface area (Å²) in [5.74, 6) is 0. The molecule has 0 aliphatic heterocycles. The van der Waals surface area contributed by atoms with Gasteiger partial charge < -0.3 is 5.73 Å². The van der Waals surface area contributed by atoms with Crippen LogP contribution in [0.5, 0.6) is 0 Å². The third kappa shape index (κ3) is 2.76. The molecule has 2 nitrogen and oxygen atoms in total. The lowest BCUT2D eigenvalue weighted by molar-refractivity contribution is -0.104. The molecule has 7 heavy (non-hydrogen) atoms. The molecule has 0 unspecified atom stereocenters. The minimum Gasteiger partial charge on any atom is -0.396 e. The lowest BCUT2D eigenvalue weighted by Crippen LogP contribution is -1.95. The second-order valence-corrected chi connectivity index (χ2v) is 1.02. The molecule has 0 radical (unpaired) electrons. The number of hydrogen-bond acceptors (Lipinski definition) is 2. The molecule has 38 valence electrons. The van der Waals surface area contributed by atoms with Crippen molar-refractivity contribution in [2.75, 3.05) is 0 Å². The van der Waals surface area contributed by atoms with Gasteiger partial charge in [-0.2, -0.15) is 0 Å². The molecule has 0 amide bonds. The number of nitrogens with two attached hydrogens (primary N) is 1. The molecular weight excluding hydrogens is 90.1 g/mol. The van der Waals surface area contributed by atoms with E-state index in [9.17, 15) is 4.79 Å². The Kier molecular flexibility index (Phi) is 2.68. The summed E-state index contributed by atoms with van der Waals surface area (Å²) in [6.07, 6.45) is 3.47. The molecule has 0 aliphatic rings. The Hall–Kier alpha value is -1.05. The normalized spacial score (nSPS) is 10.6. The summed E-state index contributed by atoms with van der Waals surface area (Å²) in [6.45, 7) is 3.33. The second kappa shape index (κ2) is 3.15. The molecule has 0 aromatic carbocycles. The van der Waals surface area contributed by atoms with Crippen LogP contribution in [0.25, 0.3) is 0 Å². The standard InChI is InChI=1S/C5H7NO/c1-2-3-5(6)4-7/h2-4H,1,6H2/b5-3-. The van der Waals surface area contributed by atoms with Crippen molar-refractivity contribution < 1.29 is 4.79 Å². The lowest BCUT2D eigenvalue weighted by Gasteiger charge is -1.77. The molecule has 0 saturated carbocycles. The Bertz CT molecular complexity index is 105. The Morgan fingerprint density at radius 3 is 2.43 bits per heavy atom. The highest BCUT2D eigenvalue weighted by molar-refractivity contribution is 5.71. The molecule has 0 saturated heterocycles. The SMILES string of the molecule is C=C/C=C(\N)C=O. The molecule has 0 fully saturated rings. The van der Waals surface area contributed by atoms with Crippen molar-refractivity contribution >= 4 is 6.29 Å². The predicted molar refractivity (Wildman–Crippen MR) is 28.5 cm³/mol. The van der Waals surface area contributed by atoms with Gasteiger partial charge in [-0.05, 0) is 6.08 Å². The van der Waals surface area contributed by atoms with E-state index in [0.29, 0.717) is 6.29 Å². The largest absolute Gasteiger partial charge is 0.396 e. The van der Waals surface area contributed by atoms with Gasteiger partial charge in [0.15, 0.2) is 6.29 Å². The topological polar surface area (TPSA) is 43.1 Å². The summed E-state index contributed by atoms with van der Waals surface area (Å²) in [4.78, 5) is 9.65. The fourth-order valence-electron chi connectivity index (χ4n) is 0.175. The number of carbonyl (C=O) groups is 1. The van der Waals surface area contributed by atoms with Crippen LogP contribution in [-0.4, -0.2) is 6.29 Å². The highest BCUT2D eigenvalue weighted by Gasteiger charge is 1.74. The van der Waals surface area contributed by atoms with Gasteiger partial charge in [0.25, 0.3) is 0 Å². The first-order chi connectivity index (χ1) is 3.31. The third-order valence-electron chi connectivity index (χ3n) is 0.446. The van der Waals surface area contributed by atoms with Crippen molar-refractivity contribution in [1.82, 2.24) is 0 Å². The van der Waals surface area contributed by atoms with E-state index < -0.39 is 0 Å². The maximum absolute atomic E-state index is 9.65. The minimum atomic E-state index is 0.204. The average molecular weight is 97.1 g/mol. The van der Waals surface area contributed by atoms with Gasteiger partial charge in [-0.3, -0.25) is 4.79 Å². The lowest BCUT2D eigenvalue weighted by atomic mass is 10.4. The molecule has 2 N–H and O–H groups in total. The zero-order valence-electron chi connectivity index (χ0n) is 3.92. The zero-order valence-corrected chi connectivity index (χ0v) is 3.92. The van der Waals surface area contributed by atoms with Crippen LogP contribution in [0.4, 0.5) is 0 Å². The van der Waals surface area contributed by atoms with Crippen LogP contribution < -0.4 is 5.73 Å². The maximum atomic E-state index is 9.65. The van der Waals surface area contributed by atoms with E-state index in [1.807, 2.05) is 0 Å². The van der Waals surface area contributed by atoms with Crippen molar-refractivity contribution in [1.29, 1.82) is 0 Å². The Morgan fingerprint density at radius 1 is 1.71 bits per heavy atom. The smallest absolute Gasteiger partial charge is 0.165 e. The maximum Gasteiger partial charge on any atom is 0.165 e. The van der Waals surface area contributed by atoms with Crippen LogP contribution in [0, 0.1) is 0 Å². The number of carbonyl (C=O) groups excluding carboxylic acids is 1. The van der Waals surface area contributed by atoms with Gasteiger partial charge in [0, 0.05) is 0 Å². The first-order valence-electron chi connectivity index (χ1n) is 1.84. The van der Waals surface area contributed by atoms with E-state index in [4.69, 9.17) is 5.73 Å². The molecule has 0 heterocycles. The van der Waals surface area contributed by atoms with E-state index >= 15 is 0 Å². The van der Waals surface area contributed by atoms with Gasteiger partial charge in [-0.1, -0.05) is 12.7 Å². The summed E-state index contributed by atoms with van der Waals surface area (Å²) >= 11 is 0. The predicted octanol–water partition coefficient (Wildman–Crippen LogP) is 0.214. The first-order valence-corrected chi connectivity index (χ1v) is 1.84. The minimum absolute atomic E-state index is 0.204. The van der Waals surface area contributed by atoms with Crippen molar-refractivity contribution in [2.24, 2.45) is 5.73 Å². The van der Waals surface area contributed by atoms with Crippen molar-refractivity contribution in [3.63, 3.8) is 0 Å². The molecule has 0 bridgehead atoms. The number of rotatable bonds is 2. The summed E-state index contributed by atoms with van der Waals surface area (Å²) < 4.78 is 0. The van der Waals surface area contributed by atoms with Gasteiger partial charge >= 0.3 is 0 Å². The number of aldehydes is 1. The van der Waals surface area contributed by atoms with E-state index in [2.05, 4.69) is 6.58 Å². The van der Waals surface area contributed by atoms with Crippen LogP contribution in [0.3, 0.4) is 0 Å². The summed E-state index contributed by atoms with van der Waals surface area (Å²) in [5.41, 5.74) is 5.21. The van der Waals surface area contributed by atoms with E-state index in [1.54, 1.807) is 0 Å². The van der Waals surface area contributed by atoms with Crippen molar-refractivity contribution in [3.05, 3.63) is 24.4 Å². The molecule has 0 aromatic rings. The number of hydrogen-bond donors (Lipinski definition) is 1. The van der Waals surface area contributed by atoms with E-state index in [-0.39, 0.29) is 5.70 Å². The number of allylic oxidation sites excluding steroid dienone is 3. The summed E-state index contributed by atoms with van der Waals surface area (Å²) in [6, 6.07) is 0. The highest BCUT2D eigenvalue weighted by Crippen LogP contribution is 1.73. The molecule has 0 rings (SSSR count). The average Bonchev–Trinajstić information content (AvgIpc) is 1.68. The molecule has 0 aliphatic carbocycles. The van der Waals surface area contributed by atoms with Crippen LogP contribution in [-0.2, 0) is 4.79 Å². The zero-order chi connectivity index (χ0) is 5.70. The fourth-order valence-corrected chi connectivity index (χ4v) is 0.175. The van der Waals surface area contributed by atoms with Crippen molar-refractivity contribution in [2.45, 2.75) is 0 Å². The highest BCUT2D eigenvalue weighted by atomic mass is 16.1. The second-order valence-electron chi connectivity index (χ2n) is 1.02. The van der Waals surface area contributed by atoms with E-state index in [0.717, 1.165) is 0 Å². The van der Waals surface area contributed by atoms with Gasteiger partial charge in [0.05, 0.1) is 5.70 Å². The summed E-state index contributed by atoms with van der Waals surface area (Å²) in [7, 11) is 0. The van der Waals surface area contributed by atoms with Gasteiger partial charge in [-0.25, -0.2) is 0 Å². The molecule has 0 atom stereocenters. The Labute approximate surface area is 42.3 Å². The van der Waals surface area contributed by atoms with Crippen LogP contribution >= 0.6 is 0 Å². The van der Waals surface area contributed by atoms with Crippen molar-refractivity contribution in [3.8, 4) is 0 Å². The van der Waals surface area contributed by atoms with E-state index in [1.165, 1.54) is 12.2 Å².